The predicted octanol–water partition coefficient (Wildman–Crippen LogP) is 4.46. The van der Waals surface area contributed by atoms with E-state index in [0.717, 1.165) is 30.4 Å². The third-order valence-electron chi connectivity index (χ3n) is 7.49. The molecule has 1 heterocycles. The lowest BCUT2D eigenvalue weighted by Crippen LogP contribution is -2.58. The Morgan fingerprint density at radius 2 is 1.76 bits per heavy atom. The molecule has 204 valence electrons. The predicted molar refractivity (Wildman–Crippen MR) is 147 cm³/mol. The van der Waals surface area contributed by atoms with Crippen LogP contribution in [0.2, 0.25) is 0 Å². The van der Waals surface area contributed by atoms with Crippen LogP contribution < -0.4 is 16.9 Å². The van der Waals surface area contributed by atoms with Crippen LogP contribution in [0.3, 0.4) is 0 Å². The first kappa shape index (κ1) is 27.6. The zero-order valence-corrected chi connectivity index (χ0v) is 22.8. The van der Waals surface area contributed by atoms with Gasteiger partial charge in [0.25, 0.3) is 0 Å². The van der Waals surface area contributed by atoms with E-state index in [1.54, 1.807) is 29.3 Å². The van der Waals surface area contributed by atoms with Crippen LogP contribution in [0.25, 0.3) is 11.1 Å². The number of carbonyl (C=O) groups excluding carboxylic acids is 2. The Hall–Kier alpha value is -3.39. The fourth-order valence-electron chi connectivity index (χ4n) is 5.21. The summed E-state index contributed by atoms with van der Waals surface area (Å²) >= 11 is 0. The molecule has 0 bridgehead atoms. The molecule has 8 heteroatoms. The highest BCUT2D eigenvalue weighted by Gasteiger charge is 2.43. The van der Waals surface area contributed by atoms with E-state index >= 15 is 0 Å². The minimum absolute atomic E-state index is 0.167. The van der Waals surface area contributed by atoms with Crippen molar-refractivity contribution < 1.29 is 14.0 Å². The summed E-state index contributed by atoms with van der Waals surface area (Å²) < 4.78 is 14.2. The maximum Gasteiger partial charge on any atom is 0.248 e. The van der Waals surface area contributed by atoms with Crippen molar-refractivity contribution in [3.05, 3.63) is 71.8 Å². The Labute approximate surface area is 225 Å². The molecule has 7 nitrogen and oxygen atoms in total. The number of benzene rings is 2. The van der Waals surface area contributed by atoms with E-state index in [4.69, 9.17) is 11.6 Å². The van der Waals surface area contributed by atoms with Gasteiger partial charge in [0.15, 0.2) is 0 Å². The van der Waals surface area contributed by atoms with Gasteiger partial charge in [0.1, 0.15) is 17.9 Å². The van der Waals surface area contributed by atoms with Crippen LogP contribution >= 0.6 is 0 Å². The summed E-state index contributed by atoms with van der Waals surface area (Å²) in [6.45, 7) is 8.31. The van der Waals surface area contributed by atoms with Gasteiger partial charge in [-0.2, -0.15) is 0 Å². The van der Waals surface area contributed by atoms with Gasteiger partial charge in [-0.15, -0.1) is 0 Å². The Morgan fingerprint density at radius 1 is 1.11 bits per heavy atom. The number of rotatable bonds is 8. The largest absolute Gasteiger partial charge is 0.401 e. The summed E-state index contributed by atoms with van der Waals surface area (Å²) in [4.78, 5) is 28.8. The van der Waals surface area contributed by atoms with Crippen molar-refractivity contribution in [3.8, 4) is 11.1 Å². The number of hydrogen-bond acceptors (Lipinski definition) is 5. The maximum absolute atomic E-state index is 14.2. The second-order valence-electron chi connectivity index (χ2n) is 11.6. The average Bonchev–Trinajstić information content (AvgIpc) is 3.59. The molecule has 0 radical (unpaired) electrons. The molecule has 2 aromatic rings. The summed E-state index contributed by atoms with van der Waals surface area (Å²) in [5, 5.41) is 4.51. The Balaban J connectivity index is 1.45. The monoisotopic (exact) mass is 521 g/mol. The summed E-state index contributed by atoms with van der Waals surface area (Å²) in [7, 11) is 0. The number of carbonyl (C=O) groups is 2. The van der Waals surface area contributed by atoms with Crippen molar-refractivity contribution in [2.75, 3.05) is 6.54 Å². The van der Waals surface area contributed by atoms with Crippen molar-refractivity contribution in [1.82, 2.24) is 15.2 Å². The molecule has 1 aliphatic carbocycles. The number of halogens is 1. The number of allylic oxidation sites excluding steroid dienone is 1. The molecule has 1 saturated heterocycles. The van der Waals surface area contributed by atoms with Crippen LogP contribution in [0, 0.1) is 17.2 Å². The van der Waals surface area contributed by atoms with Gasteiger partial charge in [-0.1, -0.05) is 63.2 Å². The number of likely N-dealkylation sites (tertiary alicyclic amines) is 1. The summed E-state index contributed by atoms with van der Waals surface area (Å²) in [6.07, 6.45) is 5.12. The van der Waals surface area contributed by atoms with Gasteiger partial charge >= 0.3 is 0 Å². The third-order valence-corrected chi connectivity index (χ3v) is 7.49. The zero-order chi connectivity index (χ0) is 27.6. The Kier molecular flexibility index (Phi) is 8.11. The zero-order valence-electron chi connectivity index (χ0n) is 22.8. The molecular weight excluding hydrogens is 481 g/mol. The number of hydrazine groups is 1. The maximum atomic E-state index is 14.2. The van der Waals surface area contributed by atoms with E-state index in [1.807, 2.05) is 52.0 Å². The highest BCUT2D eigenvalue weighted by Crippen LogP contribution is 2.35. The Bertz CT molecular complexity index is 1190. The van der Waals surface area contributed by atoms with Crippen molar-refractivity contribution >= 4 is 11.8 Å². The molecule has 2 amide bonds. The molecule has 1 saturated carbocycles. The number of hydrogen-bond donors (Lipinski definition) is 3. The molecule has 2 fully saturated rings. The second kappa shape index (κ2) is 11.2. The molecule has 2 aromatic carbocycles. The third kappa shape index (κ3) is 6.18. The van der Waals surface area contributed by atoms with E-state index < -0.39 is 17.5 Å². The van der Waals surface area contributed by atoms with Gasteiger partial charge < -0.3 is 21.0 Å². The first-order valence-corrected chi connectivity index (χ1v) is 13.4. The molecule has 0 aromatic heterocycles. The molecule has 3 atom stereocenters. The van der Waals surface area contributed by atoms with E-state index in [0.29, 0.717) is 30.1 Å². The number of amides is 2. The lowest BCUT2D eigenvalue weighted by Gasteiger charge is -2.39. The van der Waals surface area contributed by atoms with E-state index in [-0.39, 0.29) is 23.7 Å². The number of nitrogens with zero attached hydrogens (tertiary/aromatic N) is 2. The van der Waals surface area contributed by atoms with Crippen LogP contribution in [0.1, 0.15) is 65.0 Å². The van der Waals surface area contributed by atoms with E-state index in [1.165, 1.54) is 11.1 Å². The average molecular weight is 522 g/mol. The number of nitrogens with two attached hydrogens (primary N) is 2. The molecule has 4 rings (SSSR count). The van der Waals surface area contributed by atoms with Gasteiger partial charge in [-0.25, -0.2) is 10.2 Å². The first-order valence-electron chi connectivity index (χ1n) is 13.4. The minimum atomic E-state index is -0.656. The summed E-state index contributed by atoms with van der Waals surface area (Å²) in [5.74, 6) is 6.09. The van der Waals surface area contributed by atoms with E-state index in [2.05, 4.69) is 5.32 Å². The van der Waals surface area contributed by atoms with Crippen LogP contribution in [-0.2, 0) is 9.59 Å². The molecule has 2 unspecified atom stereocenters. The van der Waals surface area contributed by atoms with Gasteiger partial charge in [0.05, 0.1) is 6.04 Å². The van der Waals surface area contributed by atoms with Gasteiger partial charge in [-0.3, -0.25) is 9.59 Å². The van der Waals surface area contributed by atoms with E-state index in [9.17, 15) is 14.0 Å². The molecule has 0 spiro atoms. The van der Waals surface area contributed by atoms with Crippen LogP contribution in [-0.4, -0.2) is 40.4 Å². The summed E-state index contributed by atoms with van der Waals surface area (Å²) in [5.41, 5.74) is 8.61. The van der Waals surface area contributed by atoms with Crippen molar-refractivity contribution in [3.63, 3.8) is 0 Å². The Morgan fingerprint density at radius 3 is 2.37 bits per heavy atom. The summed E-state index contributed by atoms with van der Waals surface area (Å²) in [6, 6.07) is 12.6. The topological polar surface area (TPSA) is 105 Å². The molecule has 5 N–H and O–H groups in total. The SMILES string of the molecule is C[C@H](NC(=O)C1CCCN1C(=O)C(N(N)/C=C(\N)C1CC1)C(C)(C)C)c1ccc(-c2ccccc2F)cc1. The fraction of sp³-hybridized carbons (Fsp3) is 0.467. The number of nitrogens with one attached hydrogen (secondary N) is 1. The van der Waals surface area contributed by atoms with Crippen LogP contribution in [0.4, 0.5) is 4.39 Å². The van der Waals surface area contributed by atoms with Crippen molar-refractivity contribution in [2.45, 2.75) is 71.5 Å². The fourth-order valence-corrected chi connectivity index (χ4v) is 5.21. The smallest absolute Gasteiger partial charge is 0.248 e. The quantitative estimate of drug-likeness (QED) is 0.351. The second-order valence-corrected chi connectivity index (χ2v) is 11.6. The molecule has 1 aliphatic heterocycles. The van der Waals surface area contributed by atoms with Crippen LogP contribution in [0.15, 0.2) is 60.4 Å². The normalized spacial score (nSPS) is 19.7. The van der Waals surface area contributed by atoms with Gasteiger partial charge in [0.2, 0.25) is 11.8 Å². The minimum Gasteiger partial charge on any atom is -0.401 e. The highest BCUT2D eigenvalue weighted by molar-refractivity contribution is 5.91. The molecule has 2 aliphatic rings. The standard InChI is InChI=1S/C30H40FN5O2/c1-19(20-11-13-21(14-12-20)23-8-5-6-9-24(23)31)34-28(37)26-10-7-17-35(26)29(38)27(30(2,3)4)36(33)18-25(32)22-15-16-22/h5-6,8-9,11-14,18-19,22,26-27H,7,10,15-17,32-33H2,1-4H3,(H,34,37)/b25-18-/t19-,26?,27?/m0/s1. The van der Waals surface area contributed by atoms with Gasteiger partial charge in [-0.05, 0) is 55.2 Å². The van der Waals surface area contributed by atoms with Gasteiger partial charge in [0, 0.05) is 29.9 Å². The molecular formula is C30H40FN5O2. The highest BCUT2D eigenvalue weighted by atomic mass is 19.1. The van der Waals surface area contributed by atoms with Crippen molar-refractivity contribution in [1.29, 1.82) is 0 Å². The lowest BCUT2D eigenvalue weighted by molar-refractivity contribution is -0.145. The van der Waals surface area contributed by atoms with Crippen molar-refractivity contribution in [2.24, 2.45) is 22.9 Å². The first-order chi connectivity index (χ1) is 18.0. The van der Waals surface area contributed by atoms with Crippen LogP contribution in [0.5, 0.6) is 0 Å². The molecule has 38 heavy (non-hydrogen) atoms. The lowest BCUT2D eigenvalue weighted by atomic mass is 9.85.